The predicted octanol–water partition coefficient (Wildman–Crippen LogP) is 0.649. The molecule has 1 aromatic carbocycles. The maximum absolute atomic E-state index is 11.4. The molecule has 0 fully saturated rings. The zero-order valence-corrected chi connectivity index (χ0v) is 8.97. The molecule has 0 spiro atoms. The van der Waals surface area contributed by atoms with Crippen LogP contribution in [0.4, 0.5) is 4.79 Å². The summed E-state index contributed by atoms with van der Waals surface area (Å²) in [5, 5.41) is 2.34. The normalized spacial score (nSPS) is 11.6. The molecule has 2 radical (unpaired) electrons. The second kappa shape index (κ2) is 5.95. The molecule has 1 N–H and O–H groups in total. The Bertz CT molecular complexity index is 367. The van der Waals surface area contributed by atoms with Crippen molar-refractivity contribution in [1.29, 1.82) is 0 Å². The van der Waals surface area contributed by atoms with E-state index in [2.05, 4.69) is 10.1 Å². The first-order valence-electron chi connectivity index (χ1n) is 4.81. The number of nitrogens with one attached hydrogen (secondary N) is 1. The van der Waals surface area contributed by atoms with Crippen molar-refractivity contribution in [3.8, 4) is 0 Å². The lowest BCUT2D eigenvalue weighted by Crippen LogP contribution is -2.42. The fraction of sp³-hybridized carbons (Fsp3) is 0.273. The van der Waals surface area contributed by atoms with Gasteiger partial charge in [0.25, 0.3) is 0 Å². The van der Waals surface area contributed by atoms with Crippen LogP contribution in [0.15, 0.2) is 30.3 Å². The van der Waals surface area contributed by atoms with Crippen molar-refractivity contribution in [2.24, 2.45) is 0 Å². The molecule has 0 aromatic heterocycles. The summed E-state index contributed by atoms with van der Waals surface area (Å²) in [6.07, 6.45) is 0.358. The third-order valence-corrected chi connectivity index (χ3v) is 2.08. The zero-order chi connectivity index (χ0) is 12.0. The number of rotatable bonds is 4. The molecule has 1 amide bonds. The minimum absolute atomic E-state index is 0.358. The molecule has 16 heavy (non-hydrogen) atoms. The van der Waals surface area contributed by atoms with E-state index in [9.17, 15) is 9.59 Å². The first-order chi connectivity index (χ1) is 7.63. The number of carbonyl (C=O) groups excluding carboxylic acids is 2. The molecule has 0 unspecified atom stereocenters. The third-order valence-electron chi connectivity index (χ3n) is 2.08. The quantitative estimate of drug-likeness (QED) is 0.595. The summed E-state index contributed by atoms with van der Waals surface area (Å²) in [6.45, 7) is 0. The molecule has 0 bridgehead atoms. The van der Waals surface area contributed by atoms with Crippen molar-refractivity contribution in [3.05, 3.63) is 35.9 Å². The molecule has 0 aliphatic heterocycles. The van der Waals surface area contributed by atoms with Gasteiger partial charge < -0.3 is 10.1 Å². The molecule has 4 nitrogen and oxygen atoms in total. The minimum atomic E-state index is -0.745. The van der Waals surface area contributed by atoms with Crippen LogP contribution in [0.2, 0.25) is 0 Å². The van der Waals surface area contributed by atoms with Crippen molar-refractivity contribution < 1.29 is 14.3 Å². The SMILES string of the molecule is [B]C(=O)N[C@@H](Cc1ccccc1)C(=O)OC. The predicted molar refractivity (Wildman–Crippen MR) is 60.2 cm³/mol. The number of amides is 1. The van der Waals surface area contributed by atoms with E-state index in [1.807, 2.05) is 30.3 Å². The minimum Gasteiger partial charge on any atom is -0.467 e. The summed E-state index contributed by atoms with van der Waals surface area (Å²) in [5.74, 6) is -1.26. The van der Waals surface area contributed by atoms with Gasteiger partial charge in [0.15, 0.2) is 5.81 Å². The largest absolute Gasteiger partial charge is 0.467 e. The van der Waals surface area contributed by atoms with Gasteiger partial charge in [0, 0.05) is 6.42 Å². The van der Waals surface area contributed by atoms with Gasteiger partial charge in [-0.1, -0.05) is 30.3 Å². The first-order valence-corrected chi connectivity index (χ1v) is 4.81. The van der Waals surface area contributed by atoms with E-state index in [0.29, 0.717) is 6.42 Å². The molecule has 0 heterocycles. The maximum atomic E-state index is 11.4. The first kappa shape index (κ1) is 12.3. The standard InChI is InChI=1S/C11H12BNO3/c1-16-10(14)9(13-11(12)15)7-8-5-3-2-4-6-8/h2-6,9H,7H2,1H3,(H,13,15)/t9-/m0/s1. The summed E-state index contributed by atoms with van der Waals surface area (Å²) in [7, 11) is 6.25. The molecular weight excluding hydrogens is 205 g/mol. The van der Waals surface area contributed by atoms with Gasteiger partial charge in [-0.05, 0) is 5.56 Å². The van der Waals surface area contributed by atoms with Crippen LogP contribution in [-0.4, -0.2) is 32.8 Å². The number of carbonyl (C=O) groups is 2. The van der Waals surface area contributed by atoms with Gasteiger partial charge in [-0.3, -0.25) is 4.79 Å². The van der Waals surface area contributed by atoms with Crippen LogP contribution in [0.3, 0.4) is 0 Å². The van der Waals surface area contributed by atoms with Gasteiger partial charge in [0.1, 0.15) is 6.04 Å². The second-order valence-electron chi connectivity index (χ2n) is 3.27. The number of benzene rings is 1. The number of esters is 1. The zero-order valence-electron chi connectivity index (χ0n) is 8.97. The molecule has 82 valence electrons. The summed E-state index contributed by atoms with van der Waals surface area (Å²) in [5.41, 5.74) is 0.923. The molecule has 0 aliphatic rings. The van der Waals surface area contributed by atoms with Gasteiger partial charge in [-0.25, -0.2) is 4.79 Å². The van der Waals surface area contributed by atoms with Crippen LogP contribution in [0, 0.1) is 0 Å². The molecule has 1 aromatic rings. The summed E-state index contributed by atoms with van der Waals surface area (Å²) in [4.78, 5) is 22.1. The Hall–Kier alpha value is -1.78. The Morgan fingerprint density at radius 3 is 2.50 bits per heavy atom. The summed E-state index contributed by atoms with van der Waals surface area (Å²) < 4.78 is 4.58. The van der Waals surface area contributed by atoms with Crippen LogP contribution in [0.25, 0.3) is 0 Å². The van der Waals surface area contributed by atoms with E-state index in [1.165, 1.54) is 7.11 Å². The van der Waals surface area contributed by atoms with E-state index in [0.717, 1.165) is 5.56 Å². The van der Waals surface area contributed by atoms with E-state index in [4.69, 9.17) is 7.85 Å². The maximum Gasteiger partial charge on any atom is 0.328 e. The van der Waals surface area contributed by atoms with Gasteiger partial charge in [-0.15, -0.1) is 0 Å². The molecule has 0 aliphatic carbocycles. The highest BCUT2D eigenvalue weighted by atomic mass is 16.5. The number of methoxy groups -OCH3 is 1. The monoisotopic (exact) mass is 217 g/mol. The Balaban J connectivity index is 2.70. The van der Waals surface area contributed by atoms with Gasteiger partial charge >= 0.3 is 5.97 Å². The van der Waals surface area contributed by atoms with E-state index < -0.39 is 17.8 Å². The molecule has 0 saturated heterocycles. The Labute approximate surface area is 95.4 Å². The molecule has 1 atom stereocenters. The lowest BCUT2D eigenvalue weighted by atomic mass is 10.0. The average molecular weight is 217 g/mol. The summed E-state index contributed by atoms with van der Waals surface area (Å²) in [6, 6.07) is 8.56. The van der Waals surface area contributed by atoms with Crippen LogP contribution in [0.1, 0.15) is 5.56 Å². The van der Waals surface area contributed by atoms with Crippen LogP contribution in [0.5, 0.6) is 0 Å². The lowest BCUT2D eigenvalue weighted by molar-refractivity contribution is -0.142. The van der Waals surface area contributed by atoms with Gasteiger partial charge in [0.2, 0.25) is 7.85 Å². The number of ether oxygens (including phenoxy) is 1. The Morgan fingerprint density at radius 1 is 1.38 bits per heavy atom. The van der Waals surface area contributed by atoms with Crippen LogP contribution in [-0.2, 0) is 16.0 Å². The van der Waals surface area contributed by atoms with Gasteiger partial charge in [-0.2, -0.15) is 0 Å². The van der Waals surface area contributed by atoms with Crippen LogP contribution >= 0.6 is 0 Å². The van der Waals surface area contributed by atoms with Crippen molar-refractivity contribution in [2.45, 2.75) is 12.5 Å². The smallest absolute Gasteiger partial charge is 0.328 e. The van der Waals surface area contributed by atoms with E-state index >= 15 is 0 Å². The van der Waals surface area contributed by atoms with E-state index in [-0.39, 0.29) is 0 Å². The molecule has 1 rings (SSSR count). The Kier molecular flexibility index (Phi) is 4.57. The molecule has 0 saturated carbocycles. The topological polar surface area (TPSA) is 55.4 Å². The van der Waals surface area contributed by atoms with Crippen molar-refractivity contribution in [1.82, 2.24) is 5.32 Å². The van der Waals surface area contributed by atoms with Crippen molar-refractivity contribution >= 4 is 19.6 Å². The highest BCUT2D eigenvalue weighted by Gasteiger charge is 2.19. The third kappa shape index (κ3) is 3.77. The average Bonchev–Trinajstić information content (AvgIpc) is 2.28. The fourth-order valence-electron chi connectivity index (χ4n) is 1.36. The van der Waals surface area contributed by atoms with E-state index in [1.54, 1.807) is 0 Å². The van der Waals surface area contributed by atoms with Gasteiger partial charge in [0.05, 0.1) is 7.11 Å². The highest BCUT2D eigenvalue weighted by molar-refractivity contribution is 6.57. The highest BCUT2D eigenvalue weighted by Crippen LogP contribution is 2.04. The lowest BCUT2D eigenvalue weighted by Gasteiger charge is -2.15. The second-order valence-corrected chi connectivity index (χ2v) is 3.27. The molecule has 5 heteroatoms. The summed E-state index contributed by atoms with van der Waals surface area (Å²) >= 11 is 0. The van der Waals surface area contributed by atoms with Crippen molar-refractivity contribution in [3.63, 3.8) is 0 Å². The Morgan fingerprint density at radius 2 is 2.00 bits per heavy atom. The van der Waals surface area contributed by atoms with Crippen molar-refractivity contribution in [2.75, 3.05) is 7.11 Å². The number of hydrogen-bond acceptors (Lipinski definition) is 3. The molecular formula is C11H12BNO3. The number of hydrogen-bond donors (Lipinski definition) is 1. The fourth-order valence-corrected chi connectivity index (χ4v) is 1.36. The van der Waals surface area contributed by atoms with Crippen LogP contribution < -0.4 is 5.32 Å².